The van der Waals surface area contributed by atoms with Gasteiger partial charge in [-0.25, -0.2) is 8.42 Å². The van der Waals surface area contributed by atoms with Gasteiger partial charge in [0.05, 0.1) is 11.9 Å². The summed E-state index contributed by atoms with van der Waals surface area (Å²) in [5, 5.41) is 3.32. The Kier molecular flexibility index (Phi) is 6.54. The normalized spacial score (nSPS) is 12.5. The highest BCUT2D eigenvalue weighted by molar-refractivity contribution is 7.92. The highest BCUT2D eigenvalue weighted by Crippen LogP contribution is 2.28. The number of amides is 1. The molecule has 0 saturated carbocycles. The van der Waals surface area contributed by atoms with Gasteiger partial charge in [-0.15, -0.1) is 0 Å². The number of sulfonamides is 1. The van der Waals surface area contributed by atoms with Gasteiger partial charge in [0.25, 0.3) is 0 Å². The zero-order chi connectivity index (χ0) is 20.4. The topological polar surface area (TPSA) is 66.5 Å². The zero-order valence-corrected chi connectivity index (χ0v) is 17.8. The van der Waals surface area contributed by atoms with Crippen molar-refractivity contribution in [1.82, 2.24) is 0 Å². The molecule has 0 aliphatic heterocycles. The van der Waals surface area contributed by atoms with E-state index in [1.165, 1.54) is 0 Å². The molecule has 27 heavy (non-hydrogen) atoms. The van der Waals surface area contributed by atoms with Crippen molar-refractivity contribution in [3.63, 3.8) is 0 Å². The van der Waals surface area contributed by atoms with Crippen molar-refractivity contribution in [3.8, 4) is 0 Å². The molecule has 5 nitrogen and oxygen atoms in total. The van der Waals surface area contributed by atoms with E-state index in [0.717, 1.165) is 27.3 Å². The fourth-order valence-electron chi connectivity index (χ4n) is 2.88. The summed E-state index contributed by atoms with van der Waals surface area (Å²) < 4.78 is 26.2. The Morgan fingerprint density at radius 2 is 1.81 bits per heavy atom. The van der Waals surface area contributed by atoms with Gasteiger partial charge in [-0.05, 0) is 62.1 Å². The molecular weight excluding hydrogens is 384 g/mol. The van der Waals surface area contributed by atoms with E-state index in [0.29, 0.717) is 22.8 Å². The Labute approximate surface area is 166 Å². The maximum absolute atomic E-state index is 13.0. The van der Waals surface area contributed by atoms with Crippen LogP contribution in [0.2, 0.25) is 5.02 Å². The van der Waals surface area contributed by atoms with Crippen molar-refractivity contribution in [2.24, 2.45) is 0 Å². The van der Waals surface area contributed by atoms with Crippen LogP contribution in [0.1, 0.15) is 30.0 Å². The van der Waals surface area contributed by atoms with Crippen molar-refractivity contribution in [2.75, 3.05) is 15.9 Å². The van der Waals surface area contributed by atoms with Crippen molar-refractivity contribution in [1.29, 1.82) is 0 Å². The van der Waals surface area contributed by atoms with Crippen LogP contribution < -0.4 is 9.62 Å². The summed E-state index contributed by atoms with van der Waals surface area (Å²) in [6, 6.07) is 9.71. The first kappa shape index (κ1) is 21.3. The number of hydrogen-bond donors (Lipinski definition) is 1. The predicted molar refractivity (Wildman–Crippen MR) is 112 cm³/mol. The fraction of sp³-hybridized carbons (Fsp3) is 0.350. The van der Waals surface area contributed by atoms with E-state index in [9.17, 15) is 13.2 Å². The number of aryl methyl sites for hydroxylation is 2. The van der Waals surface area contributed by atoms with Crippen molar-refractivity contribution >= 4 is 38.9 Å². The number of carbonyl (C=O) groups is 1. The first-order valence-corrected chi connectivity index (χ1v) is 10.9. The third-order valence-corrected chi connectivity index (χ3v) is 6.19. The fourth-order valence-corrected chi connectivity index (χ4v) is 4.26. The minimum absolute atomic E-state index is 0.315. The maximum Gasteiger partial charge on any atom is 0.248 e. The second-order valence-electron chi connectivity index (χ2n) is 6.65. The Hall–Kier alpha value is -2.05. The number of halogens is 1. The van der Waals surface area contributed by atoms with Gasteiger partial charge in [0.2, 0.25) is 15.9 Å². The third kappa shape index (κ3) is 4.82. The van der Waals surface area contributed by atoms with E-state index in [-0.39, 0.29) is 5.91 Å². The number of carbonyl (C=O) groups excluding carboxylic acids is 1. The van der Waals surface area contributed by atoms with Crippen LogP contribution in [0.5, 0.6) is 0 Å². The van der Waals surface area contributed by atoms with E-state index >= 15 is 0 Å². The average molecular weight is 409 g/mol. The summed E-state index contributed by atoms with van der Waals surface area (Å²) in [7, 11) is -3.70. The molecule has 2 aromatic carbocycles. The number of hydrogen-bond acceptors (Lipinski definition) is 3. The Balaban J connectivity index is 2.44. The molecule has 2 rings (SSSR count). The Morgan fingerprint density at radius 1 is 1.15 bits per heavy atom. The smallest absolute Gasteiger partial charge is 0.248 e. The quantitative estimate of drug-likeness (QED) is 0.767. The van der Waals surface area contributed by atoms with Crippen LogP contribution >= 0.6 is 11.6 Å². The standard InChI is InChI=1S/C20H25ClN2O3S/c1-6-19(20(24)22-18-9-7-8-13(2)15(18)4)23(27(5,25)26)16-11-10-14(3)17(21)12-16/h7-12,19H,6H2,1-5H3,(H,22,24)/t19-/m1/s1. The van der Waals surface area contributed by atoms with Crippen LogP contribution in [-0.2, 0) is 14.8 Å². The van der Waals surface area contributed by atoms with Crippen molar-refractivity contribution < 1.29 is 13.2 Å². The number of anilines is 2. The Morgan fingerprint density at radius 3 is 2.37 bits per heavy atom. The average Bonchev–Trinajstić information content (AvgIpc) is 2.58. The van der Waals surface area contributed by atoms with Crippen LogP contribution in [0.4, 0.5) is 11.4 Å². The molecule has 2 aromatic rings. The molecule has 0 radical (unpaired) electrons. The first-order chi connectivity index (χ1) is 12.6. The minimum atomic E-state index is -3.70. The molecule has 0 aromatic heterocycles. The zero-order valence-electron chi connectivity index (χ0n) is 16.2. The van der Waals surface area contributed by atoms with Gasteiger partial charge in [0.1, 0.15) is 6.04 Å². The van der Waals surface area contributed by atoms with Crippen molar-refractivity contribution in [3.05, 3.63) is 58.1 Å². The van der Waals surface area contributed by atoms with E-state index in [1.54, 1.807) is 31.2 Å². The molecular formula is C20H25ClN2O3S. The second-order valence-corrected chi connectivity index (χ2v) is 8.92. The van der Waals surface area contributed by atoms with Crippen LogP contribution in [0.15, 0.2) is 36.4 Å². The molecule has 0 fully saturated rings. The lowest BCUT2D eigenvalue weighted by Gasteiger charge is -2.30. The highest BCUT2D eigenvalue weighted by Gasteiger charge is 2.32. The second kappa shape index (κ2) is 8.31. The Bertz CT molecular complexity index is 958. The van der Waals surface area contributed by atoms with E-state index < -0.39 is 16.1 Å². The largest absolute Gasteiger partial charge is 0.324 e. The highest BCUT2D eigenvalue weighted by atomic mass is 35.5. The van der Waals surface area contributed by atoms with Gasteiger partial charge in [-0.1, -0.05) is 36.7 Å². The third-order valence-electron chi connectivity index (χ3n) is 4.60. The van der Waals surface area contributed by atoms with Crippen LogP contribution in [0.25, 0.3) is 0 Å². The molecule has 0 unspecified atom stereocenters. The van der Waals surface area contributed by atoms with E-state index in [1.807, 2.05) is 32.9 Å². The van der Waals surface area contributed by atoms with Crippen molar-refractivity contribution in [2.45, 2.75) is 40.2 Å². The molecule has 0 saturated heterocycles. The summed E-state index contributed by atoms with van der Waals surface area (Å²) in [5.74, 6) is -0.381. The van der Waals surface area contributed by atoms with Gasteiger partial charge < -0.3 is 5.32 Å². The predicted octanol–water partition coefficient (Wildman–Crippen LogP) is 4.45. The summed E-state index contributed by atoms with van der Waals surface area (Å²) in [5.41, 5.74) is 3.88. The van der Waals surface area contributed by atoms with E-state index in [4.69, 9.17) is 11.6 Å². The summed E-state index contributed by atoms with van der Waals surface area (Å²) >= 11 is 6.18. The number of nitrogens with zero attached hydrogens (tertiary/aromatic N) is 1. The minimum Gasteiger partial charge on any atom is -0.324 e. The summed E-state index contributed by atoms with van der Waals surface area (Å²) in [6.45, 7) is 7.49. The van der Waals surface area contributed by atoms with Crippen LogP contribution in [0.3, 0.4) is 0 Å². The van der Waals surface area contributed by atoms with Crippen LogP contribution in [0, 0.1) is 20.8 Å². The lowest BCUT2D eigenvalue weighted by atomic mass is 10.1. The van der Waals surface area contributed by atoms with Gasteiger partial charge in [0.15, 0.2) is 0 Å². The summed E-state index contributed by atoms with van der Waals surface area (Å²) in [6.07, 6.45) is 1.41. The lowest BCUT2D eigenvalue weighted by molar-refractivity contribution is -0.117. The molecule has 7 heteroatoms. The van der Waals surface area contributed by atoms with E-state index in [2.05, 4.69) is 5.32 Å². The SMILES string of the molecule is CC[C@H](C(=O)Nc1cccc(C)c1C)N(c1ccc(C)c(Cl)c1)S(C)(=O)=O. The molecule has 0 bridgehead atoms. The molecule has 1 N–H and O–H groups in total. The van der Waals surface area contributed by atoms with Gasteiger partial charge >= 0.3 is 0 Å². The van der Waals surface area contributed by atoms with Gasteiger partial charge in [-0.3, -0.25) is 9.10 Å². The monoisotopic (exact) mass is 408 g/mol. The molecule has 0 spiro atoms. The molecule has 1 atom stereocenters. The van der Waals surface area contributed by atoms with Gasteiger partial charge in [-0.2, -0.15) is 0 Å². The molecule has 146 valence electrons. The summed E-state index contributed by atoms with van der Waals surface area (Å²) in [4.78, 5) is 13.0. The molecule has 1 amide bonds. The maximum atomic E-state index is 13.0. The molecule has 0 heterocycles. The lowest BCUT2D eigenvalue weighted by Crippen LogP contribution is -2.47. The number of benzene rings is 2. The number of nitrogens with one attached hydrogen (secondary N) is 1. The first-order valence-electron chi connectivity index (χ1n) is 8.69. The van der Waals surface area contributed by atoms with Crippen LogP contribution in [-0.4, -0.2) is 26.6 Å². The van der Waals surface area contributed by atoms with Gasteiger partial charge in [0, 0.05) is 10.7 Å². The molecule has 0 aliphatic rings. The molecule has 0 aliphatic carbocycles. The number of rotatable bonds is 6.